The Bertz CT molecular complexity index is 683. The van der Waals surface area contributed by atoms with Crippen LogP contribution in [0.4, 0.5) is 0 Å². The molecule has 0 aliphatic carbocycles. The van der Waals surface area contributed by atoms with E-state index in [1.165, 1.54) is 24.9 Å². The van der Waals surface area contributed by atoms with E-state index in [1.54, 1.807) is 24.3 Å². The Hall–Kier alpha value is -1.15. The summed E-state index contributed by atoms with van der Waals surface area (Å²) in [7, 11) is -2.72. The summed E-state index contributed by atoms with van der Waals surface area (Å²) in [4.78, 5) is 2.46. The molecule has 4 N–H and O–H groups in total. The van der Waals surface area contributed by atoms with Crippen molar-refractivity contribution in [3.63, 3.8) is 0 Å². The van der Waals surface area contributed by atoms with Crippen LogP contribution in [0.5, 0.6) is 0 Å². The van der Waals surface area contributed by atoms with Gasteiger partial charge in [0.2, 0.25) is 0 Å². The van der Waals surface area contributed by atoms with Gasteiger partial charge in [-0.1, -0.05) is 64.5 Å². The average molecular weight is 434 g/mol. The summed E-state index contributed by atoms with van der Waals surface area (Å²) in [5.74, 6) is 0. The van der Waals surface area contributed by atoms with Gasteiger partial charge in [-0.05, 0) is 48.4 Å². The van der Waals surface area contributed by atoms with Crippen molar-refractivity contribution in [2.24, 2.45) is 0 Å². The number of halogens is 1. The molecular weight excluding hydrogens is 408 g/mol. The van der Waals surface area contributed by atoms with Gasteiger partial charge >= 0.3 is 14.2 Å². The van der Waals surface area contributed by atoms with Crippen molar-refractivity contribution in [1.29, 1.82) is 0 Å². The van der Waals surface area contributed by atoms with Crippen LogP contribution in [0, 0.1) is 0 Å². The number of hydrogen-bond donors (Lipinski definition) is 4. The lowest BCUT2D eigenvalue weighted by Crippen LogP contribution is -2.30. The molecule has 3 rings (SSSR count). The minimum Gasteiger partial charge on any atom is -0.423 e. The molecule has 0 saturated carbocycles. The lowest BCUT2D eigenvalue weighted by atomic mass is 9.80. The van der Waals surface area contributed by atoms with Crippen molar-refractivity contribution in [1.82, 2.24) is 4.90 Å². The van der Waals surface area contributed by atoms with E-state index in [4.69, 9.17) is 20.1 Å². The minimum atomic E-state index is -1.36. The predicted octanol–water partition coefficient (Wildman–Crippen LogP) is 0.612. The van der Waals surface area contributed by atoms with Gasteiger partial charge in [-0.2, -0.15) is 0 Å². The first kappa shape index (κ1) is 22.1. The zero-order chi connectivity index (χ0) is 19.8. The maximum atomic E-state index is 8.99. The highest BCUT2D eigenvalue weighted by molar-refractivity contribution is 9.08. The molecule has 0 aromatic heterocycles. The number of likely N-dealkylation sites (tertiary alicyclic amines) is 1. The quantitative estimate of drug-likeness (QED) is 0.410. The standard InChI is InChI=1S/C12H18BNO2.C7H8BBrO2/c1-10-3-2-8-14(10)9-11-4-6-12(7-5-11)13(15)16;9-5-6-1-3-7(4-2-6)8(10)11/h4-7,10,15-16H,2-3,8-9H2,1H3;1-4,10-11H,5H2/t10-;/m1./s1. The fourth-order valence-corrected chi connectivity index (χ4v) is 3.41. The maximum Gasteiger partial charge on any atom is 0.488 e. The highest BCUT2D eigenvalue weighted by Crippen LogP contribution is 2.18. The van der Waals surface area contributed by atoms with Crippen molar-refractivity contribution in [3.05, 3.63) is 59.7 Å². The summed E-state index contributed by atoms with van der Waals surface area (Å²) in [6, 6.07) is 15.3. The Balaban J connectivity index is 0.000000208. The van der Waals surface area contributed by atoms with E-state index in [9.17, 15) is 0 Å². The molecule has 0 bridgehead atoms. The molecule has 1 atom stereocenters. The Kier molecular flexibility index (Phi) is 9.02. The Labute approximate surface area is 170 Å². The number of nitrogens with zero attached hydrogens (tertiary/aromatic N) is 1. The number of hydrogen-bond acceptors (Lipinski definition) is 5. The minimum absolute atomic E-state index is 0.523. The third kappa shape index (κ3) is 7.07. The van der Waals surface area contributed by atoms with Crippen LogP contribution >= 0.6 is 15.9 Å². The largest absolute Gasteiger partial charge is 0.488 e. The highest BCUT2D eigenvalue weighted by Gasteiger charge is 2.20. The zero-order valence-corrected chi connectivity index (χ0v) is 17.1. The molecule has 8 heteroatoms. The van der Waals surface area contributed by atoms with Crippen LogP contribution < -0.4 is 10.9 Å². The lowest BCUT2D eigenvalue weighted by Gasteiger charge is -2.20. The van der Waals surface area contributed by atoms with E-state index in [2.05, 4.69) is 27.8 Å². The van der Waals surface area contributed by atoms with Crippen molar-refractivity contribution in [3.8, 4) is 0 Å². The zero-order valence-electron chi connectivity index (χ0n) is 15.5. The van der Waals surface area contributed by atoms with Gasteiger partial charge in [0.25, 0.3) is 0 Å². The summed E-state index contributed by atoms with van der Waals surface area (Å²) in [6.45, 7) is 4.40. The predicted molar refractivity (Wildman–Crippen MR) is 114 cm³/mol. The molecule has 1 saturated heterocycles. The van der Waals surface area contributed by atoms with Crippen LogP contribution in [0.1, 0.15) is 30.9 Å². The van der Waals surface area contributed by atoms with Gasteiger partial charge < -0.3 is 20.1 Å². The number of alkyl halides is 1. The van der Waals surface area contributed by atoms with Crippen LogP contribution in [0.3, 0.4) is 0 Å². The van der Waals surface area contributed by atoms with E-state index >= 15 is 0 Å². The first-order chi connectivity index (χ1) is 12.9. The van der Waals surface area contributed by atoms with E-state index in [-0.39, 0.29) is 0 Å². The summed E-state index contributed by atoms with van der Waals surface area (Å²) < 4.78 is 0. The van der Waals surface area contributed by atoms with Crippen molar-refractivity contribution in [2.45, 2.75) is 37.7 Å². The molecule has 0 spiro atoms. The second kappa shape index (κ2) is 11.0. The molecule has 1 aliphatic rings. The van der Waals surface area contributed by atoms with Gasteiger partial charge in [0.1, 0.15) is 0 Å². The van der Waals surface area contributed by atoms with Crippen LogP contribution in [-0.2, 0) is 11.9 Å². The van der Waals surface area contributed by atoms with Gasteiger partial charge in [-0.3, -0.25) is 4.90 Å². The van der Waals surface area contributed by atoms with Crippen LogP contribution in [-0.4, -0.2) is 51.8 Å². The summed E-state index contributed by atoms with van der Waals surface area (Å²) in [5.41, 5.74) is 3.43. The lowest BCUT2D eigenvalue weighted by molar-refractivity contribution is 0.260. The first-order valence-electron chi connectivity index (χ1n) is 9.10. The fraction of sp³-hybridized carbons (Fsp3) is 0.368. The smallest absolute Gasteiger partial charge is 0.423 e. The molecule has 2 aromatic rings. The monoisotopic (exact) mass is 433 g/mol. The first-order valence-corrected chi connectivity index (χ1v) is 10.2. The highest BCUT2D eigenvalue weighted by atomic mass is 79.9. The molecule has 0 unspecified atom stereocenters. The van der Waals surface area contributed by atoms with Crippen LogP contribution in [0.25, 0.3) is 0 Å². The Morgan fingerprint density at radius 3 is 1.74 bits per heavy atom. The van der Waals surface area contributed by atoms with Gasteiger partial charge in [-0.15, -0.1) is 0 Å². The van der Waals surface area contributed by atoms with E-state index < -0.39 is 14.2 Å². The third-order valence-electron chi connectivity index (χ3n) is 4.79. The summed E-state index contributed by atoms with van der Waals surface area (Å²) in [6.07, 6.45) is 2.57. The molecule has 0 amide bonds. The van der Waals surface area contributed by atoms with Crippen molar-refractivity contribution in [2.75, 3.05) is 6.54 Å². The normalized spacial score (nSPS) is 16.6. The summed E-state index contributed by atoms with van der Waals surface area (Å²) >= 11 is 3.29. The van der Waals surface area contributed by atoms with Gasteiger partial charge in [0.15, 0.2) is 0 Å². The second-order valence-electron chi connectivity index (χ2n) is 6.83. The number of benzene rings is 2. The van der Waals surface area contributed by atoms with Gasteiger partial charge in [0.05, 0.1) is 0 Å². The molecule has 1 heterocycles. The van der Waals surface area contributed by atoms with E-state index in [1.807, 2.05) is 24.3 Å². The SMILES string of the molecule is C[C@@H]1CCCN1Cc1ccc(B(O)O)cc1.OB(O)c1ccc(CBr)cc1. The van der Waals surface area contributed by atoms with E-state index in [0.717, 1.165) is 17.4 Å². The molecular formula is C19H26B2BrNO4. The number of rotatable bonds is 5. The fourth-order valence-electron chi connectivity index (χ4n) is 3.04. The molecule has 27 heavy (non-hydrogen) atoms. The maximum absolute atomic E-state index is 8.99. The Morgan fingerprint density at radius 1 is 0.889 bits per heavy atom. The molecule has 1 fully saturated rings. The van der Waals surface area contributed by atoms with Crippen molar-refractivity contribution < 1.29 is 20.1 Å². The average Bonchev–Trinajstić information content (AvgIpc) is 3.07. The van der Waals surface area contributed by atoms with Gasteiger partial charge in [0, 0.05) is 17.9 Å². The second-order valence-corrected chi connectivity index (χ2v) is 7.39. The summed E-state index contributed by atoms with van der Waals surface area (Å²) in [5, 5.41) is 36.2. The molecule has 144 valence electrons. The van der Waals surface area contributed by atoms with Gasteiger partial charge in [-0.25, -0.2) is 0 Å². The Morgan fingerprint density at radius 2 is 1.37 bits per heavy atom. The van der Waals surface area contributed by atoms with Crippen LogP contribution in [0.15, 0.2) is 48.5 Å². The molecule has 1 aliphatic heterocycles. The van der Waals surface area contributed by atoms with E-state index in [0.29, 0.717) is 17.0 Å². The molecule has 2 aromatic carbocycles. The van der Waals surface area contributed by atoms with Crippen LogP contribution in [0.2, 0.25) is 0 Å². The topological polar surface area (TPSA) is 84.2 Å². The molecule has 5 nitrogen and oxygen atoms in total. The third-order valence-corrected chi connectivity index (χ3v) is 5.43. The van der Waals surface area contributed by atoms with Crippen molar-refractivity contribution >= 4 is 41.1 Å². The molecule has 0 radical (unpaired) electrons.